The zero-order valence-corrected chi connectivity index (χ0v) is 12.4. The lowest BCUT2D eigenvalue weighted by Gasteiger charge is -2.15. The number of hydrogen-bond acceptors (Lipinski definition) is 2. The van der Waals surface area contributed by atoms with Gasteiger partial charge in [-0.15, -0.1) is 0 Å². The van der Waals surface area contributed by atoms with E-state index in [2.05, 4.69) is 0 Å². The molecule has 0 aliphatic carbocycles. The molecule has 0 heterocycles. The van der Waals surface area contributed by atoms with Crippen LogP contribution in [0.3, 0.4) is 0 Å². The summed E-state index contributed by atoms with van der Waals surface area (Å²) in [6.07, 6.45) is 0.577. The molecule has 0 saturated heterocycles. The van der Waals surface area contributed by atoms with E-state index in [0.717, 1.165) is 5.56 Å². The number of benzene rings is 2. The van der Waals surface area contributed by atoms with Crippen molar-refractivity contribution >= 4 is 23.2 Å². The minimum absolute atomic E-state index is 0.0547. The van der Waals surface area contributed by atoms with Crippen molar-refractivity contribution in [3.8, 4) is 11.5 Å². The van der Waals surface area contributed by atoms with E-state index in [0.29, 0.717) is 22.9 Å². The first kappa shape index (κ1) is 15.1. The Bertz CT molecular complexity index is 617. The number of ether oxygens (including phenoxy) is 1. The molecule has 0 radical (unpaired) electrons. The molecule has 1 unspecified atom stereocenters. The predicted octanol–water partition coefficient (Wildman–Crippen LogP) is 4.81. The Morgan fingerprint density at radius 3 is 2.55 bits per heavy atom. The largest absolute Gasteiger partial charge is 0.455 e. The van der Waals surface area contributed by atoms with Gasteiger partial charge in [0.1, 0.15) is 17.3 Å². The van der Waals surface area contributed by atoms with Crippen LogP contribution >= 0.6 is 23.2 Å². The summed E-state index contributed by atoms with van der Waals surface area (Å²) < 4.78 is 18.8. The molecule has 0 aromatic heterocycles. The fourth-order valence-electron chi connectivity index (χ4n) is 1.83. The third-order valence-electron chi connectivity index (χ3n) is 2.72. The fourth-order valence-corrected chi connectivity index (χ4v) is 2.28. The van der Waals surface area contributed by atoms with Gasteiger partial charge >= 0.3 is 0 Å². The van der Waals surface area contributed by atoms with Gasteiger partial charge in [-0.2, -0.15) is 0 Å². The molecule has 2 aromatic rings. The van der Waals surface area contributed by atoms with Gasteiger partial charge in [0, 0.05) is 16.6 Å². The smallest absolute Gasteiger partial charge is 0.146 e. The molecule has 2 nitrogen and oxygen atoms in total. The van der Waals surface area contributed by atoms with Gasteiger partial charge in [-0.3, -0.25) is 0 Å². The van der Waals surface area contributed by atoms with Crippen molar-refractivity contribution in [2.75, 3.05) is 0 Å². The van der Waals surface area contributed by atoms with Crippen molar-refractivity contribution in [2.45, 2.75) is 19.4 Å². The lowest BCUT2D eigenvalue weighted by molar-refractivity contribution is 0.472. The van der Waals surface area contributed by atoms with E-state index < -0.39 is 5.82 Å². The van der Waals surface area contributed by atoms with Crippen LogP contribution in [0, 0.1) is 5.82 Å². The van der Waals surface area contributed by atoms with Gasteiger partial charge in [0.2, 0.25) is 0 Å². The lowest BCUT2D eigenvalue weighted by Crippen LogP contribution is -2.18. The van der Waals surface area contributed by atoms with E-state index >= 15 is 0 Å². The minimum atomic E-state index is -0.413. The Labute approximate surface area is 127 Å². The van der Waals surface area contributed by atoms with Crippen molar-refractivity contribution in [1.82, 2.24) is 0 Å². The van der Waals surface area contributed by atoms with Crippen LogP contribution in [0.15, 0.2) is 36.4 Å². The second-order valence-corrected chi connectivity index (χ2v) is 5.39. The van der Waals surface area contributed by atoms with Crippen LogP contribution in [-0.2, 0) is 6.42 Å². The van der Waals surface area contributed by atoms with Gasteiger partial charge in [-0.05, 0) is 43.7 Å². The topological polar surface area (TPSA) is 35.2 Å². The van der Waals surface area contributed by atoms with Crippen LogP contribution < -0.4 is 10.5 Å². The van der Waals surface area contributed by atoms with Crippen LogP contribution in [0.5, 0.6) is 11.5 Å². The SMILES string of the molecule is CC(N)Cc1c(Cl)cccc1Oc1ccc(F)cc1Cl. The van der Waals surface area contributed by atoms with Gasteiger partial charge in [0.25, 0.3) is 0 Å². The number of hydrogen-bond donors (Lipinski definition) is 1. The molecule has 0 bridgehead atoms. The van der Waals surface area contributed by atoms with Gasteiger partial charge in [0.15, 0.2) is 0 Å². The highest BCUT2D eigenvalue weighted by molar-refractivity contribution is 6.32. The van der Waals surface area contributed by atoms with Crippen molar-refractivity contribution in [1.29, 1.82) is 0 Å². The summed E-state index contributed by atoms with van der Waals surface area (Å²) >= 11 is 12.1. The van der Waals surface area contributed by atoms with Gasteiger partial charge in [-0.1, -0.05) is 29.3 Å². The summed E-state index contributed by atoms with van der Waals surface area (Å²) in [6, 6.07) is 9.25. The molecular weight excluding hydrogens is 300 g/mol. The molecule has 2 rings (SSSR count). The van der Waals surface area contributed by atoms with Crippen LogP contribution in [0.2, 0.25) is 10.0 Å². The summed E-state index contributed by atoms with van der Waals surface area (Å²) in [5.74, 6) is 0.536. The predicted molar refractivity (Wildman–Crippen MR) is 80.3 cm³/mol. The third kappa shape index (κ3) is 3.63. The maximum absolute atomic E-state index is 13.0. The Balaban J connectivity index is 2.35. The molecule has 2 N–H and O–H groups in total. The molecule has 5 heteroatoms. The minimum Gasteiger partial charge on any atom is -0.455 e. The van der Waals surface area contributed by atoms with E-state index in [1.165, 1.54) is 18.2 Å². The normalized spacial score (nSPS) is 12.2. The molecule has 106 valence electrons. The summed E-state index contributed by atoms with van der Waals surface area (Å²) in [5, 5.41) is 0.787. The molecule has 0 fully saturated rings. The lowest BCUT2D eigenvalue weighted by atomic mass is 10.1. The van der Waals surface area contributed by atoms with E-state index in [9.17, 15) is 4.39 Å². The van der Waals surface area contributed by atoms with E-state index in [1.807, 2.05) is 6.92 Å². The molecule has 2 aromatic carbocycles. The van der Waals surface area contributed by atoms with Crippen LogP contribution in [-0.4, -0.2) is 6.04 Å². The van der Waals surface area contributed by atoms with Crippen LogP contribution in [0.1, 0.15) is 12.5 Å². The molecule has 1 atom stereocenters. The summed E-state index contributed by atoms with van der Waals surface area (Å²) in [5.41, 5.74) is 6.63. The first-order valence-corrected chi connectivity index (χ1v) is 6.89. The maximum atomic E-state index is 13.0. The second kappa shape index (κ2) is 6.44. The van der Waals surface area contributed by atoms with E-state index in [1.54, 1.807) is 18.2 Å². The first-order valence-electron chi connectivity index (χ1n) is 6.13. The maximum Gasteiger partial charge on any atom is 0.146 e. The highest BCUT2D eigenvalue weighted by Crippen LogP contribution is 2.34. The summed E-state index contributed by atoms with van der Waals surface area (Å²) in [6.45, 7) is 1.89. The Morgan fingerprint density at radius 1 is 1.15 bits per heavy atom. The molecule has 0 saturated carbocycles. The average molecular weight is 314 g/mol. The quantitative estimate of drug-likeness (QED) is 0.878. The zero-order valence-electron chi connectivity index (χ0n) is 10.9. The van der Waals surface area contributed by atoms with Crippen LogP contribution in [0.25, 0.3) is 0 Å². The van der Waals surface area contributed by atoms with Crippen molar-refractivity contribution in [2.24, 2.45) is 5.73 Å². The third-order valence-corrected chi connectivity index (χ3v) is 3.37. The zero-order chi connectivity index (χ0) is 14.7. The monoisotopic (exact) mass is 313 g/mol. The van der Waals surface area contributed by atoms with Crippen molar-refractivity contribution in [3.05, 3.63) is 57.8 Å². The number of rotatable bonds is 4. The standard InChI is InChI=1S/C15H14Cl2FNO/c1-9(19)7-11-12(16)3-2-4-14(11)20-15-6-5-10(18)8-13(15)17/h2-6,8-9H,7,19H2,1H3. The average Bonchev–Trinajstić information content (AvgIpc) is 2.36. The molecular formula is C15H14Cl2FNO. The van der Waals surface area contributed by atoms with Crippen LogP contribution in [0.4, 0.5) is 4.39 Å². The van der Waals surface area contributed by atoms with E-state index in [4.69, 9.17) is 33.7 Å². The molecule has 0 spiro atoms. The number of nitrogens with two attached hydrogens (primary N) is 1. The van der Waals surface area contributed by atoms with Gasteiger partial charge in [0.05, 0.1) is 5.02 Å². The van der Waals surface area contributed by atoms with Gasteiger partial charge < -0.3 is 10.5 Å². The fraction of sp³-hybridized carbons (Fsp3) is 0.200. The van der Waals surface area contributed by atoms with E-state index in [-0.39, 0.29) is 11.1 Å². The molecule has 0 amide bonds. The van der Waals surface area contributed by atoms with Crippen molar-refractivity contribution in [3.63, 3.8) is 0 Å². The Morgan fingerprint density at radius 2 is 1.90 bits per heavy atom. The Kier molecular flexibility index (Phi) is 4.86. The summed E-state index contributed by atoms with van der Waals surface area (Å²) in [4.78, 5) is 0. The summed E-state index contributed by atoms with van der Waals surface area (Å²) in [7, 11) is 0. The second-order valence-electron chi connectivity index (χ2n) is 4.57. The molecule has 0 aliphatic heterocycles. The van der Waals surface area contributed by atoms with Crippen molar-refractivity contribution < 1.29 is 9.13 Å². The highest BCUT2D eigenvalue weighted by atomic mass is 35.5. The highest BCUT2D eigenvalue weighted by Gasteiger charge is 2.12. The van der Waals surface area contributed by atoms with Gasteiger partial charge in [-0.25, -0.2) is 4.39 Å². The number of halogens is 3. The molecule has 0 aliphatic rings. The first-order chi connectivity index (χ1) is 9.47. The Hall–Kier alpha value is -1.29. The molecule has 20 heavy (non-hydrogen) atoms.